The number of aromatic nitrogens is 1. The maximum Gasteiger partial charge on any atom is 0.291 e. The fraction of sp³-hybridized carbons (Fsp3) is 0.0400. The van der Waals surface area contributed by atoms with Crippen LogP contribution in [0.2, 0.25) is 0 Å². The van der Waals surface area contributed by atoms with Gasteiger partial charge >= 0.3 is 0 Å². The monoisotopic (exact) mass is 455 g/mol. The van der Waals surface area contributed by atoms with Crippen LogP contribution in [0.5, 0.6) is 5.75 Å². The number of carbonyl (C=O) groups excluding carboxylic acids is 1. The van der Waals surface area contributed by atoms with Gasteiger partial charge in [-0.15, -0.1) is 0 Å². The Morgan fingerprint density at radius 3 is 2.59 bits per heavy atom. The Balaban J connectivity index is 1.44. The highest BCUT2D eigenvalue weighted by Gasteiger charge is 2.20. The summed E-state index contributed by atoms with van der Waals surface area (Å²) in [5, 5.41) is 14.1. The minimum Gasteiger partial charge on any atom is -0.495 e. The van der Waals surface area contributed by atoms with Crippen LogP contribution in [0.15, 0.2) is 87.7 Å². The predicted octanol–water partition coefficient (Wildman–Crippen LogP) is 5.92. The van der Waals surface area contributed by atoms with Gasteiger partial charge in [-0.05, 0) is 48.5 Å². The van der Waals surface area contributed by atoms with Crippen LogP contribution in [0, 0.1) is 10.1 Å². The van der Waals surface area contributed by atoms with Gasteiger partial charge in [-0.2, -0.15) is 0 Å². The number of furan rings is 1. The molecule has 0 saturated carbocycles. The number of nitrogens with zero attached hydrogens (tertiary/aromatic N) is 2. The van der Waals surface area contributed by atoms with Crippen LogP contribution in [0.3, 0.4) is 0 Å². The van der Waals surface area contributed by atoms with Crippen molar-refractivity contribution in [2.75, 3.05) is 12.4 Å². The molecule has 1 N–H and O–H groups in total. The second kappa shape index (κ2) is 8.55. The number of para-hydroxylation sites is 3. The third-order valence-electron chi connectivity index (χ3n) is 5.18. The minimum atomic E-state index is -0.544. The van der Waals surface area contributed by atoms with Crippen LogP contribution in [0.1, 0.15) is 10.6 Å². The average Bonchev–Trinajstić information content (AvgIpc) is 3.52. The largest absolute Gasteiger partial charge is 0.495 e. The molecule has 0 spiro atoms. The number of hydrogen-bond donors (Lipinski definition) is 1. The van der Waals surface area contributed by atoms with Gasteiger partial charge in [0.15, 0.2) is 11.3 Å². The molecule has 0 radical (unpaired) electrons. The summed E-state index contributed by atoms with van der Waals surface area (Å²) < 4.78 is 16.8. The molecule has 9 nitrogen and oxygen atoms in total. The Morgan fingerprint density at radius 1 is 1.00 bits per heavy atom. The van der Waals surface area contributed by atoms with Crippen LogP contribution in [0.4, 0.5) is 11.4 Å². The molecule has 34 heavy (non-hydrogen) atoms. The number of methoxy groups -OCH3 is 1. The number of hydrogen-bond acceptors (Lipinski definition) is 7. The van der Waals surface area contributed by atoms with Gasteiger partial charge in [-0.25, -0.2) is 4.98 Å². The van der Waals surface area contributed by atoms with Gasteiger partial charge in [0.25, 0.3) is 11.6 Å². The molecule has 0 unspecified atom stereocenters. The predicted molar refractivity (Wildman–Crippen MR) is 125 cm³/mol. The number of nitro benzene ring substituents is 1. The maximum absolute atomic E-state index is 12.9. The molecular weight excluding hydrogens is 438 g/mol. The normalized spacial score (nSPS) is 10.9. The standard InChI is InChI=1S/C25H17N3O6/c1-32-21-11-10-15(25-27-17-7-3-5-9-22(17)34-25)14-18(21)26-24(29)23-13-12-20(33-23)16-6-2-4-8-19(16)28(30)31/h2-14H,1H3,(H,26,29). The number of benzene rings is 3. The lowest BCUT2D eigenvalue weighted by atomic mass is 10.1. The molecule has 0 bridgehead atoms. The van der Waals surface area contributed by atoms with Gasteiger partial charge in [-0.1, -0.05) is 24.3 Å². The van der Waals surface area contributed by atoms with E-state index in [1.165, 1.54) is 25.3 Å². The number of fused-ring (bicyclic) bond motifs is 1. The number of nitrogens with one attached hydrogen (secondary N) is 1. The summed E-state index contributed by atoms with van der Waals surface area (Å²) in [6.45, 7) is 0. The van der Waals surface area contributed by atoms with Crippen LogP contribution in [0.25, 0.3) is 33.9 Å². The van der Waals surface area contributed by atoms with E-state index in [1.54, 1.807) is 36.4 Å². The lowest BCUT2D eigenvalue weighted by Crippen LogP contribution is -2.11. The second-order valence-corrected chi connectivity index (χ2v) is 7.29. The zero-order valence-corrected chi connectivity index (χ0v) is 17.8. The van der Waals surface area contributed by atoms with E-state index >= 15 is 0 Å². The molecule has 1 amide bonds. The molecule has 0 fully saturated rings. The summed E-state index contributed by atoms with van der Waals surface area (Å²) in [4.78, 5) is 28.2. The van der Waals surface area contributed by atoms with Gasteiger partial charge in [-0.3, -0.25) is 14.9 Å². The van der Waals surface area contributed by atoms with E-state index in [1.807, 2.05) is 24.3 Å². The van der Waals surface area contributed by atoms with Gasteiger partial charge in [0, 0.05) is 11.6 Å². The van der Waals surface area contributed by atoms with Crippen LogP contribution in [-0.4, -0.2) is 22.9 Å². The molecule has 3 aromatic carbocycles. The topological polar surface area (TPSA) is 121 Å². The highest BCUT2D eigenvalue weighted by molar-refractivity contribution is 6.03. The Kier molecular flexibility index (Phi) is 5.27. The summed E-state index contributed by atoms with van der Waals surface area (Å²) in [5.74, 6) is 0.486. The molecule has 0 aliphatic heterocycles. The molecule has 0 saturated heterocycles. The van der Waals surface area contributed by atoms with Crippen LogP contribution >= 0.6 is 0 Å². The Morgan fingerprint density at radius 2 is 1.79 bits per heavy atom. The number of ether oxygens (including phenoxy) is 1. The fourth-order valence-electron chi connectivity index (χ4n) is 3.56. The molecule has 0 atom stereocenters. The molecule has 168 valence electrons. The van der Waals surface area contributed by atoms with Crippen molar-refractivity contribution in [2.24, 2.45) is 0 Å². The van der Waals surface area contributed by atoms with E-state index < -0.39 is 10.8 Å². The van der Waals surface area contributed by atoms with Crippen molar-refractivity contribution >= 4 is 28.4 Å². The molecule has 5 aromatic rings. The molecule has 2 aromatic heterocycles. The summed E-state index contributed by atoms with van der Waals surface area (Å²) in [6, 6.07) is 21.7. The van der Waals surface area contributed by atoms with Crippen LogP contribution < -0.4 is 10.1 Å². The molecule has 0 aliphatic carbocycles. The first-order chi connectivity index (χ1) is 16.5. The lowest BCUT2D eigenvalue weighted by Gasteiger charge is -2.10. The third-order valence-corrected chi connectivity index (χ3v) is 5.18. The van der Waals surface area contributed by atoms with E-state index in [9.17, 15) is 14.9 Å². The third kappa shape index (κ3) is 3.86. The number of amides is 1. The van der Waals surface area contributed by atoms with Crippen molar-refractivity contribution in [1.29, 1.82) is 0 Å². The van der Waals surface area contributed by atoms with E-state index in [0.717, 1.165) is 5.52 Å². The fourth-order valence-corrected chi connectivity index (χ4v) is 3.56. The average molecular weight is 455 g/mol. The lowest BCUT2D eigenvalue weighted by molar-refractivity contribution is -0.384. The minimum absolute atomic E-state index is 0.0116. The first-order valence-corrected chi connectivity index (χ1v) is 10.2. The molecule has 5 rings (SSSR count). The van der Waals surface area contributed by atoms with Gasteiger partial charge in [0.05, 0.1) is 23.3 Å². The van der Waals surface area contributed by atoms with Crippen molar-refractivity contribution < 1.29 is 23.3 Å². The van der Waals surface area contributed by atoms with Crippen LogP contribution in [-0.2, 0) is 0 Å². The van der Waals surface area contributed by atoms with Crippen molar-refractivity contribution in [1.82, 2.24) is 4.98 Å². The van der Waals surface area contributed by atoms with E-state index in [0.29, 0.717) is 28.5 Å². The molecule has 9 heteroatoms. The Labute approximate surface area is 192 Å². The summed E-state index contributed by atoms with van der Waals surface area (Å²) >= 11 is 0. The maximum atomic E-state index is 12.9. The van der Waals surface area contributed by atoms with Crippen molar-refractivity contribution in [2.45, 2.75) is 0 Å². The molecule has 2 heterocycles. The van der Waals surface area contributed by atoms with E-state index in [4.69, 9.17) is 13.6 Å². The summed E-state index contributed by atoms with van der Waals surface area (Å²) in [6.07, 6.45) is 0. The smallest absolute Gasteiger partial charge is 0.291 e. The number of rotatable bonds is 6. The van der Waals surface area contributed by atoms with Crippen molar-refractivity contribution in [3.63, 3.8) is 0 Å². The SMILES string of the molecule is COc1ccc(-c2nc3ccccc3o2)cc1NC(=O)c1ccc(-c2ccccc2[N+](=O)[O-])o1. The van der Waals surface area contributed by atoms with Gasteiger partial charge in [0.2, 0.25) is 5.89 Å². The summed E-state index contributed by atoms with van der Waals surface area (Å²) in [5.41, 5.74) is 2.57. The van der Waals surface area contributed by atoms with Crippen molar-refractivity contribution in [3.05, 3.63) is 94.7 Å². The number of oxazole rings is 1. The number of anilines is 1. The zero-order chi connectivity index (χ0) is 23.7. The van der Waals surface area contributed by atoms with Gasteiger partial charge < -0.3 is 18.9 Å². The second-order valence-electron chi connectivity index (χ2n) is 7.29. The Hall–Kier alpha value is -4.92. The molecule has 0 aliphatic rings. The van der Waals surface area contributed by atoms with Gasteiger partial charge in [0.1, 0.15) is 17.0 Å². The first-order valence-electron chi connectivity index (χ1n) is 10.2. The van der Waals surface area contributed by atoms with E-state index in [-0.39, 0.29) is 22.8 Å². The molecular formula is C25H17N3O6. The highest BCUT2D eigenvalue weighted by Crippen LogP contribution is 2.34. The number of carbonyl (C=O) groups is 1. The number of nitro groups is 1. The van der Waals surface area contributed by atoms with Crippen molar-refractivity contribution in [3.8, 4) is 28.5 Å². The highest BCUT2D eigenvalue weighted by atomic mass is 16.6. The Bertz CT molecular complexity index is 1500. The zero-order valence-electron chi connectivity index (χ0n) is 17.8. The summed E-state index contributed by atoms with van der Waals surface area (Å²) in [7, 11) is 1.49. The van der Waals surface area contributed by atoms with E-state index in [2.05, 4.69) is 10.3 Å². The quantitative estimate of drug-likeness (QED) is 0.249. The first kappa shape index (κ1) is 21.0.